The Bertz CT molecular complexity index is 620. The van der Waals surface area contributed by atoms with Crippen molar-refractivity contribution in [2.75, 3.05) is 0 Å². The molecule has 0 saturated heterocycles. The van der Waals surface area contributed by atoms with Crippen molar-refractivity contribution < 1.29 is 4.79 Å². The number of pyridine rings is 1. The molecule has 0 unspecified atom stereocenters. The van der Waals surface area contributed by atoms with Crippen LogP contribution in [0.5, 0.6) is 0 Å². The number of aromatic nitrogens is 1. The first-order valence-corrected chi connectivity index (χ1v) is 7.13. The van der Waals surface area contributed by atoms with Crippen LogP contribution in [0.3, 0.4) is 0 Å². The normalized spacial score (nSPS) is 18.8. The van der Waals surface area contributed by atoms with Gasteiger partial charge < -0.3 is 0 Å². The Morgan fingerprint density at radius 2 is 2.22 bits per heavy atom. The van der Waals surface area contributed by atoms with E-state index in [0.717, 1.165) is 33.1 Å². The van der Waals surface area contributed by atoms with Crippen LogP contribution in [-0.4, -0.2) is 10.8 Å². The Balaban J connectivity index is 2.02. The number of nitrogens with zero attached hydrogens (tertiary/aromatic N) is 1. The van der Waals surface area contributed by atoms with Gasteiger partial charge in [-0.05, 0) is 47.9 Å². The number of hydrogen-bond acceptors (Lipinski definition) is 3. The highest BCUT2D eigenvalue weighted by Crippen LogP contribution is 2.38. The van der Waals surface area contributed by atoms with Gasteiger partial charge in [-0.15, -0.1) is 11.3 Å². The number of halogens is 1. The fraction of sp³-hybridized carbons (Fsp3) is 0.286. The van der Waals surface area contributed by atoms with Gasteiger partial charge in [0.1, 0.15) is 0 Å². The molecule has 2 heterocycles. The summed E-state index contributed by atoms with van der Waals surface area (Å²) >= 11 is 7.68. The Kier molecular flexibility index (Phi) is 2.96. The maximum absolute atomic E-state index is 12.2. The first kappa shape index (κ1) is 11.9. The van der Waals surface area contributed by atoms with E-state index in [-0.39, 0.29) is 11.7 Å². The predicted molar refractivity (Wildman–Crippen MR) is 73.7 cm³/mol. The molecule has 0 saturated carbocycles. The molecule has 3 rings (SSSR count). The molecule has 0 fully saturated rings. The van der Waals surface area contributed by atoms with E-state index in [2.05, 4.69) is 4.98 Å². The Labute approximate surface area is 115 Å². The molecule has 2 aromatic heterocycles. The molecule has 1 aliphatic rings. The van der Waals surface area contributed by atoms with Gasteiger partial charge in [-0.1, -0.05) is 11.6 Å². The van der Waals surface area contributed by atoms with E-state index in [1.54, 1.807) is 6.20 Å². The van der Waals surface area contributed by atoms with Crippen LogP contribution in [0, 0.1) is 6.92 Å². The third-order valence-corrected chi connectivity index (χ3v) is 4.67. The van der Waals surface area contributed by atoms with Crippen LogP contribution in [0.1, 0.15) is 39.5 Å². The number of carbonyl (C=O) groups excluding carboxylic acids is 1. The highest BCUT2D eigenvalue weighted by Gasteiger charge is 2.29. The van der Waals surface area contributed by atoms with E-state index in [9.17, 15) is 4.79 Å². The maximum atomic E-state index is 12.2. The maximum Gasteiger partial charge on any atom is 0.165 e. The van der Waals surface area contributed by atoms with E-state index in [0.29, 0.717) is 6.42 Å². The molecule has 1 atom stereocenters. The Hall–Kier alpha value is -1.19. The average molecular weight is 278 g/mol. The quantitative estimate of drug-likeness (QED) is 0.788. The van der Waals surface area contributed by atoms with Crippen LogP contribution >= 0.6 is 22.9 Å². The second-order valence-corrected chi connectivity index (χ2v) is 6.15. The summed E-state index contributed by atoms with van der Waals surface area (Å²) in [5, 5.41) is 1.97. The topological polar surface area (TPSA) is 30.0 Å². The highest BCUT2D eigenvalue weighted by molar-refractivity contribution is 7.14. The predicted octanol–water partition coefficient (Wildman–Crippen LogP) is 4.02. The number of carbonyl (C=O) groups is 1. The van der Waals surface area contributed by atoms with E-state index in [1.165, 1.54) is 11.3 Å². The first-order valence-electron chi connectivity index (χ1n) is 5.87. The third kappa shape index (κ3) is 1.88. The second-order valence-electron chi connectivity index (χ2n) is 4.63. The number of aryl methyl sites for hydroxylation is 1. The molecule has 0 radical (unpaired) electrons. The summed E-state index contributed by atoms with van der Waals surface area (Å²) in [6, 6.07) is 3.92. The molecule has 0 aromatic carbocycles. The molecule has 0 N–H and O–H groups in total. The minimum absolute atomic E-state index is 0.179. The van der Waals surface area contributed by atoms with Gasteiger partial charge in [0, 0.05) is 18.2 Å². The summed E-state index contributed by atoms with van der Waals surface area (Å²) in [6.07, 6.45) is 3.12. The van der Waals surface area contributed by atoms with Crippen LogP contribution in [0.15, 0.2) is 23.7 Å². The largest absolute Gasteiger partial charge is 0.294 e. The van der Waals surface area contributed by atoms with Crippen LogP contribution in [0.25, 0.3) is 0 Å². The second kappa shape index (κ2) is 4.48. The summed E-state index contributed by atoms with van der Waals surface area (Å²) in [4.78, 5) is 16.6. The van der Waals surface area contributed by atoms with Crippen LogP contribution in [-0.2, 0) is 6.42 Å². The van der Waals surface area contributed by atoms with Crippen molar-refractivity contribution in [2.45, 2.75) is 25.7 Å². The summed E-state index contributed by atoms with van der Waals surface area (Å²) in [7, 11) is 0. The van der Waals surface area contributed by atoms with E-state index in [1.807, 2.05) is 24.4 Å². The fourth-order valence-corrected chi connectivity index (χ4v) is 3.68. The van der Waals surface area contributed by atoms with Gasteiger partial charge in [0.05, 0.1) is 10.0 Å². The summed E-state index contributed by atoms with van der Waals surface area (Å²) in [6.45, 7) is 1.97. The number of Topliss-reactive ketones (excluding diaryl/α,β-unsaturated/α-hetero) is 1. The molecule has 0 bridgehead atoms. The van der Waals surface area contributed by atoms with E-state index < -0.39 is 0 Å². The van der Waals surface area contributed by atoms with Gasteiger partial charge in [-0.25, -0.2) is 0 Å². The molecule has 4 heteroatoms. The van der Waals surface area contributed by atoms with Crippen molar-refractivity contribution in [2.24, 2.45) is 0 Å². The molecule has 1 aliphatic carbocycles. The molecule has 92 valence electrons. The van der Waals surface area contributed by atoms with Gasteiger partial charge >= 0.3 is 0 Å². The summed E-state index contributed by atoms with van der Waals surface area (Å²) < 4.78 is 0.795. The van der Waals surface area contributed by atoms with Crippen molar-refractivity contribution >= 4 is 28.7 Å². The highest BCUT2D eigenvalue weighted by atomic mass is 35.5. The van der Waals surface area contributed by atoms with Gasteiger partial charge in [-0.3, -0.25) is 9.78 Å². The molecule has 2 aromatic rings. The lowest BCUT2D eigenvalue weighted by atomic mass is 9.81. The minimum atomic E-state index is 0.179. The van der Waals surface area contributed by atoms with Crippen LogP contribution in [0.2, 0.25) is 4.34 Å². The SMILES string of the molecule is Cc1ccnc2c1C(=O)C[C@H](c1ccsc1Cl)C2. The van der Waals surface area contributed by atoms with E-state index in [4.69, 9.17) is 11.6 Å². The Morgan fingerprint density at radius 3 is 2.94 bits per heavy atom. The molecule has 2 nitrogen and oxygen atoms in total. The zero-order valence-corrected chi connectivity index (χ0v) is 11.5. The zero-order valence-electron chi connectivity index (χ0n) is 9.94. The number of thiophene rings is 1. The molecule has 0 aliphatic heterocycles. The molecule has 0 amide bonds. The molecular weight excluding hydrogens is 266 g/mol. The zero-order chi connectivity index (χ0) is 12.7. The standard InChI is InChI=1S/C14H12ClNOS/c1-8-2-4-16-11-6-9(7-12(17)13(8)11)10-3-5-18-14(10)15/h2-5,9H,6-7H2,1H3/t9-/m1/s1. The number of rotatable bonds is 1. The average Bonchev–Trinajstić information content (AvgIpc) is 2.75. The van der Waals surface area contributed by atoms with Gasteiger partial charge in [0.15, 0.2) is 5.78 Å². The van der Waals surface area contributed by atoms with Gasteiger partial charge in [0.2, 0.25) is 0 Å². The van der Waals surface area contributed by atoms with Crippen molar-refractivity contribution in [1.29, 1.82) is 0 Å². The molecule has 18 heavy (non-hydrogen) atoms. The lowest BCUT2D eigenvalue weighted by molar-refractivity contribution is 0.0962. The van der Waals surface area contributed by atoms with Crippen molar-refractivity contribution in [3.63, 3.8) is 0 Å². The lowest BCUT2D eigenvalue weighted by Crippen LogP contribution is -2.21. The smallest absolute Gasteiger partial charge is 0.165 e. The number of fused-ring (bicyclic) bond motifs is 1. The first-order chi connectivity index (χ1) is 8.66. The van der Waals surface area contributed by atoms with E-state index >= 15 is 0 Å². The van der Waals surface area contributed by atoms with Crippen molar-refractivity contribution in [3.8, 4) is 0 Å². The van der Waals surface area contributed by atoms with Crippen LogP contribution < -0.4 is 0 Å². The third-order valence-electron chi connectivity index (χ3n) is 3.47. The van der Waals surface area contributed by atoms with Crippen molar-refractivity contribution in [1.82, 2.24) is 4.98 Å². The van der Waals surface area contributed by atoms with Gasteiger partial charge in [0.25, 0.3) is 0 Å². The molecular formula is C14H12ClNOS. The lowest BCUT2D eigenvalue weighted by Gasteiger charge is -2.23. The summed E-state index contributed by atoms with van der Waals surface area (Å²) in [5.41, 5.74) is 3.85. The number of hydrogen-bond donors (Lipinski definition) is 0. The monoisotopic (exact) mass is 277 g/mol. The number of ketones is 1. The molecule has 0 spiro atoms. The fourth-order valence-electron chi connectivity index (χ4n) is 2.60. The van der Waals surface area contributed by atoms with Crippen molar-refractivity contribution in [3.05, 3.63) is 50.4 Å². The van der Waals surface area contributed by atoms with Crippen LogP contribution in [0.4, 0.5) is 0 Å². The summed E-state index contributed by atoms with van der Waals surface area (Å²) in [5.74, 6) is 0.368. The van der Waals surface area contributed by atoms with Gasteiger partial charge in [-0.2, -0.15) is 0 Å². The Morgan fingerprint density at radius 1 is 1.39 bits per heavy atom. The minimum Gasteiger partial charge on any atom is -0.294 e.